The zero-order valence-electron chi connectivity index (χ0n) is 28.0. The van der Waals surface area contributed by atoms with E-state index in [1.165, 1.54) is 76.1 Å². The van der Waals surface area contributed by atoms with Crippen molar-refractivity contribution in [1.29, 1.82) is 0 Å². The molecule has 238 valence electrons. The lowest BCUT2D eigenvalue weighted by atomic mass is 9.89. The van der Waals surface area contributed by atoms with Crippen molar-refractivity contribution in [1.82, 2.24) is 0 Å². The smallest absolute Gasteiger partial charge is 0.0540 e. The molecule has 0 bridgehead atoms. The van der Waals surface area contributed by atoms with Gasteiger partial charge in [0.2, 0.25) is 0 Å². The zero-order chi connectivity index (χ0) is 33.7. The molecule has 1 nitrogen and oxygen atoms in total. The summed E-state index contributed by atoms with van der Waals surface area (Å²) < 4.78 is 0. The number of nitrogens with zero attached hydrogens (tertiary/aromatic N) is 1. The van der Waals surface area contributed by atoms with E-state index in [1.54, 1.807) is 0 Å². The number of rotatable bonds is 5. The maximum Gasteiger partial charge on any atom is 0.0540 e. The molecule has 0 saturated heterocycles. The molecule has 0 aliphatic heterocycles. The van der Waals surface area contributed by atoms with Gasteiger partial charge in [0.15, 0.2) is 0 Å². The Balaban J connectivity index is 1.15. The van der Waals surface area contributed by atoms with Crippen LogP contribution in [0.4, 0.5) is 17.1 Å². The van der Waals surface area contributed by atoms with Crippen LogP contribution in [0.3, 0.4) is 0 Å². The van der Waals surface area contributed by atoms with E-state index in [4.69, 9.17) is 0 Å². The van der Waals surface area contributed by atoms with Gasteiger partial charge in [-0.1, -0.05) is 164 Å². The highest BCUT2D eigenvalue weighted by molar-refractivity contribution is 6.28. The molecule has 0 heterocycles. The van der Waals surface area contributed by atoms with E-state index in [2.05, 4.69) is 205 Å². The minimum atomic E-state index is 1.12. The third-order valence-corrected chi connectivity index (χ3v) is 10.4. The quantitative estimate of drug-likeness (QED) is 0.168. The minimum absolute atomic E-state index is 1.12. The highest BCUT2D eigenvalue weighted by Gasteiger charge is 2.17. The maximum atomic E-state index is 2.41. The topological polar surface area (TPSA) is 3.24 Å². The second kappa shape index (κ2) is 12.0. The van der Waals surface area contributed by atoms with Crippen molar-refractivity contribution in [3.63, 3.8) is 0 Å². The van der Waals surface area contributed by atoms with Crippen LogP contribution in [0.5, 0.6) is 0 Å². The van der Waals surface area contributed by atoms with Gasteiger partial charge in [-0.2, -0.15) is 0 Å². The molecule has 1 heteroatoms. The van der Waals surface area contributed by atoms with E-state index < -0.39 is 0 Å². The van der Waals surface area contributed by atoms with Gasteiger partial charge in [-0.3, -0.25) is 0 Å². The van der Waals surface area contributed by atoms with Gasteiger partial charge in [0.25, 0.3) is 0 Å². The van der Waals surface area contributed by atoms with Crippen LogP contribution >= 0.6 is 0 Å². The molecule has 0 atom stereocenters. The molecule has 0 aliphatic rings. The Hall–Kier alpha value is -6.70. The summed E-state index contributed by atoms with van der Waals surface area (Å²) in [5.41, 5.74) is 8.23. The molecule has 0 unspecified atom stereocenters. The molecule has 10 rings (SSSR count). The minimum Gasteiger partial charge on any atom is -0.310 e. The van der Waals surface area contributed by atoms with E-state index in [-0.39, 0.29) is 0 Å². The maximum absolute atomic E-state index is 2.41. The molecule has 0 saturated carbocycles. The monoisotopic (exact) mass is 647 g/mol. The summed E-state index contributed by atoms with van der Waals surface area (Å²) in [6, 6.07) is 73.0. The summed E-state index contributed by atoms with van der Waals surface area (Å²) in [5.74, 6) is 0. The Morgan fingerprint density at radius 1 is 0.275 bits per heavy atom. The third kappa shape index (κ3) is 4.94. The summed E-state index contributed by atoms with van der Waals surface area (Å²) in [6.07, 6.45) is 0. The van der Waals surface area contributed by atoms with Crippen molar-refractivity contribution in [2.24, 2.45) is 0 Å². The van der Waals surface area contributed by atoms with Crippen LogP contribution in [-0.4, -0.2) is 0 Å². The average Bonchev–Trinajstić information content (AvgIpc) is 3.21. The number of hydrogen-bond acceptors (Lipinski definition) is 1. The lowest BCUT2D eigenvalue weighted by molar-refractivity contribution is 1.30. The first-order valence-corrected chi connectivity index (χ1v) is 17.6. The van der Waals surface area contributed by atoms with Crippen molar-refractivity contribution in [3.05, 3.63) is 200 Å². The van der Waals surface area contributed by atoms with Gasteiger partial charge < -0.3 is 4.90 Å². The molecule has 0 radical (unpaired) electrons. The van der Waals surface area contributed by atoms with Gasteiger partial charge in [-0.15, -0.1) is 0 Å². The number of hydrogen-bond donors (Lipinski definition) is 0. The lowest BCUT2D eigenvalue weighted by Gasteiger charge is -2.27. The van der Waals surface area contributed by atoms with Gasteiger partial charge in [0, 0.05) is 16.8 Å². The first kappa shape index (κ1) is 29.2. The molecule has 51 heavy (non-hydrogen) atoms. The first-order chi connectivity index (χ1) is 25.3. The summed E-state index contributed by atoms with van der Waals surface area (Å²) in [5, 5.41) is 12.7. The van der Waals surface area contributed by atoms with E-state index in [0.29, 0.717) is 0 Å². The predicted octanol–water partition coefficient (Wildman–Crippen LogP) is 14.3. The van der Waals surface area contributed by atoms with Gasteiger partial charge in [-0.05, 0) is 107 Å². The number of benzene rings is 10. The van der Waals surface area contributed by atoms with Crippen molar-refractivity contribution in [3.8, 4) is 22.3 Å². The van der Waals surface area contributed by atoms with Gasteiger partial charge >= 0.3 is 0 Å². The Morgan fingerprint density at radius 3 is 1.57 bits per heavy atom. The van der Waals surface area contributed by atoms with Crippen LogP contribution in [-0.2, 0) is 0 Å². The number of anilines is 3. The fourth-order valence-electron chi connectivity index (χ4n) is 8.03. The van der Waals surface area contributed by atoms with Crippen molar-refractivity contribution >= 4 is 70.9 Å². The molecule has 0 aromatic heterocycles. The van der Waals surface area contributed by atoms with E-state index in [1.807, 2.05) is 0 Å². The number of fused-ring (bicyclic) bond motifs is 8. The second-order valence-electron chi connectivity index (χ2n) is 13.3. The van der Waals surface area contributed by atoms with Crippen LogP contribution in [0.15, 0.2) is 200 Å². The van der Waals surface area contributed by atoms with E-state index in [9.17, 15) is 0 Å². The van der Waals surface area contributed by atoms with E-state index in [0.717, 1.165) is 17.1 Å². The summed E-state index contributed by atoms with van der Waals surface area (Å²) >= 11 is 0. The molecule has 0 aliphatic carbocycles. The average molecular weight is 648 g/mol. The summed E-state index contributed by atoms with van der Waals surface area (Å²) in [4.78, 5) is 2.41. The standard InChI is InChI=1S/C50H33N/c1-2-15-37-32-41(30-29-34(37)13-1)51(49-28-11-16-35-14-3-4-21-42(35)49)40-20-10-18-38(33-40)36-17-9-19-39(31-36)43-26-12-27-48-46-23-6-5-22-44(46)45-24-7-8-25-47(45)50(43)48/h1-33H. The molecular formula is C50H33N. The molecule has 0 fully saturated rings. The van der Waals surface area contributed by atoms with Gasteiger partial charge in [0.1, 0.15) is 0 Å². The molecule has 0 N–H and O–H groups in total. The van der Waals surface area contributed by atoms with Crippen molar-refractivity contribution < 1.29 is 0 Å². The Labute approximate surface area is 297 Å². The molecule has 0 amide bonds. The van der Waals surface area contributed by atoms with Crippen LogP contribution in [0.2, 0.25) is 0 Å². The van der Waals surface area contributed by atoms with Crippen LogP contribution in [0.25, 0.3) is 76.1 Å². The van der Waals surface area contributed by atoms with Gasteiger partial charge in [-0.25, -0.2) is 0 Å². The van der Waals surface area contributed by atoms with Crippen molar-refractivity contribution in [2.45, 2.75) is 0 Å². The Bertz CT molecular complexity index is 2890. The van der Waals surface area contributed by atoms with Gasteiger partial charge in [0.05, 0.1) is 5.69 Å². The molecular weight excluding hydrogens is 615 g/mol. The molecule has 10 aromatic rings. The van der Waals surface area contributed by atoms with Crippen molar-refractivity contribution in [2.75, 3.05) is 4.90 Å². The Morgan fingerprint density at radius 2 is 0.784 bits per heavy atom. The summed E-state index contributed by atoms with van der Waals surface area (Å²) in [7, 11) is 0. The van der Waals surface area contributed by atoms with Crippen LogP contribution < -0.4 is 4.90 Å². The highest BCUT2D eigenvalue weighted by atomic mass is 15.1. The van der Waals surface area contributed by atoms with Crippen LogP contribution in [0.1, 0.15) is 0 Å². The Kier molecular flexibility index (Phi) is 6.89. The highest BCUT2D eigenvalue weighted by Crippen LogP contribution is 2.43. The van der Waals surface area contributed by atoms with Crippen LogP contribution in [0, 0.1) is 0 Å². The first-order valence-electron chi connectivity index (χ1n) is 17.6. The molecule has 10 aromatic carbocycles. The molecule has 0 spiro atoms. The predicted molar refractivity (Wildman–Crippen MR) is 220 cm³/mol. The summed E-state index contributed by atoms with van der Waals surface area (Å²) in [6.45, 7) is 0. The fraction of sp³-hybridized carbons (Fsp3) is 0. The third-order valence-electron chi connectivity index (χ3n) is 10.4. The fourth-order valence-corrected chi connectivity index (χ4v) is 8.03. The zero-order valence-corrected chi connectivity index (χ0v) is 28.0. The normalized spacial score (nSPS) is 11.5. The van der Waals surface area contributed by atoms with E-state index >= 15 is 0 Å². The lowest BCUT2D eigenvalue weighted by Crippen LogP contribution is -2.10. The second-order valence-corrected chi connectivity index (χ2v) is 13.3. The SMILES string of the molecule is c1cc(-c2cccc(N(c3ccc4ccccc4c3)c3cccc4ccccc34)c2)cc(-c2cccc3c4ccccc4c4ccccc4c23)c1. The largest absolute Gasteiger partial charge is 0.310 e.